The van der Waals surface area contributed by atoms with Crippen LogP contribution in [0.4, 0.5) is 0 Å². The van der Waals surface area contributed by atoms with Gasteiger partial charge in [0.05, 0.1) is 9.79 Å². The van der Waals surface area contributed by atoms with Gasteiger partial charge < -0.3 is 10.2 Å². The summed E-state index contributed by atoms with van der Waals surface area (Å²) in [7, 11) is 0. The molecule has 2 nitrogen and oxygen atoms in total. The van der Waals surface area contributed by atoms with Crippen molar-refractivity contribution in [3.05, 3.63) is 47.5 Å². The molecule has 32 heavy (non-hydrogen) atoms. The largest absolute Gasteiger partial charge is 0.507 e. The second kappa shape index (κ2) is 17.4. The van der Waals surface area contributed by atoms with E-state index in [9.17, 15) is 10.2 Å². The van der Waals surface area contributed by atoms with Gasteiger partial charge in [0.25, 0.3) is 0 Å². The van der Waals surface area contributed by atoms with Crippen molar-refractivity contribution in [3.8, 4) is 11.5 Å². The van der Waals surface area contributed by atoms with Gasteiger partial charge in [0.15, 0.2) is 0 Å². The Morgan fingerprint density at radius 1 is 0.562 bits per heavy atom. The minimum atomic E-state index is 0. The zero-order chi connectivity index (χ0) is 22.3. The zero-order valence-corrected chi connectivity index (χ0v) is 21.7. The van der Waals surface area contributed by atoms with Crippen LogP contribution in [0.1, 0.15) is 102 Å². The van der Waals surface area contributed by atoms with Gasteiger partial charge in [0.2, 0.25) is 0 Å². The SMILES string of the molecule is CCCCCCCCc1ccc(Sc2ccc(CCCCCCCC)cc2O)c(O)c1.[Cu]. The van der Waals surface area contributed by atoms with E-state index >= 15 is 0 Å². The second-order valence-electron chi connectivity index (χ2n) is 8.74. The molecule has 0 aliphatic carbocycles. The van der Waals surface area contributed by atoms with Crippen LogP contribution in [-0.2, 0) is 29.9 Å². The molecule has 0 amide bonds. The van der Waals surface area contributed by atoms with Crippen molar-refractivity contribution in [1.29, 1.82) is 0 Å². The number of aryl methyl sites for hydroxylation is 2. The van der Waals surface area contributed by atoms with Crippen LogP contribution in [0.5, 0.6) is 11.5 Å². The molecule has 0 aliphatic heterocycles. The van der Waals surface area contributed by atoms with Gasteiger partial charge in [-0.2, -0.15) is 0 Å². The molecule has 0 spiro atoms. The fourth-order valence-corrected chi connectivity index (χ4v) is 4.78. The van der Waals surface area contributed by atoms with Crippen LogP contribution in [0.15, 0.2) is 46.2 Å². The molecule has 0 unspecified atom stereocenters. The van der Waals surface area contributed by atoms with Crippen LogP contribution < -0.4 is 0 Å². The van der Waals surface area contributed by atoms with Crippen LogP contribution >= 0.6 is 11.8 Å². The zero-order valence-electron chi connectivity index (χ0n) is 20.0. The average Bonchev–Trinajstić information content (AvgIpc) is 2.76. The number of aromatic hydroxyl groups is 2. The molecule has 2 N–H and O–H groups in total. The van der Waals surface area contributed by atoms with Crippen LogP contribution in [0.3, 0.4) is 0 Å². The molecular formula is C28H42CuO2S. The van der Waals surface area contributed by atoms with E-state index in [1.165, 1.54) is 99.9 Å². The molecule has 2 aromatic carbocycles. The number of hydrogen-bond acceptors (Lipinski definition) is 3. The summed E-state index contributed by atoms with van der Waals surface area (Å²) < 4.78 is 0. The van der Waals surface area contributed by atoms with E-state index in [4.69, 9.17) is 0 Å². The van der Waals surface area contributed by atoms with Gasteiger partial charge in [-0.1, -0.05) is 102 Å². The van der Waals surface area contributed by atoms with Crippen LogP contribution in [0.25, 0.3) is 0 Å². The monoisotopic (exact) mass is 505 g/mol. The quantitative estimate of drug-likeness (QED) is 0.176. The first kappa shape index (κ1) is 28.9. The van der Waals surface area contributed by atoms with E-state index < -0.39 is 0 Å². The molecule has 0 aromatic heterocycles. The van der Waals surface area contributed by atoms with E-state index in [0.29, 0.717) is 11.5 Å². The van der Waals surface area contributed by atoms with Crippen molar-refractivity contribution in [2.45, 2.75) is 114 Å². The third-order valence-electron chi connectivity index (χ3n) is 5.90. The number of phenols is 2. The maximum absolute atomic E-state index is 10.5. The molecule has 0 fully saturated rings. The number of phenolic OH excluding ortho intramolecular Hbond substituents is 2. The van der Waals surface area contributed by atoms with E-state index in [0.717, 1.165) is 22.6 Å². The van der Waals surface area contributed by atoms with Crippen molar-refractivity contribution >= 4 is 11.8 Å². The molecule has 0 atom stereocenters. The van der Waals surface area contributed by atoms with Gasteiger partial charge in [-0.15, -0.1) is 0 Å². The maximum Gasteiger partial charge on any atom is 0.129 e. The topological polar surface area (TPSA) is 40.5 Å². The summed E-state index contributed by atoms with van der Waals surface area (Å²) in [6.07, 6.45) is 17.4. The number of benzene rings is 2. The van der Waals surface area contributed by atoms with Crippen LogP contribution in [-0.4, -0.2) is 10.2 Å². The van der Waals surface area contributed by atoms with Crippen LogP contribution in [0.2, 0.25) is 0 Å². The van der Waals surface area contributed by atoms with Crippen molar-refractivity contribution in [2.24, 2.45) is 0 Å². The Kier molecular flexibility index (Phi) is 15.7. The van der Waals surface area contributed by atoms with Gasteiger partial charge in [0, 0.05) is 17.1 Å². The summed E-state index contributed by atoms with van der Waals surface area (Å²) in [5.74, 6) is 0.619. The van der Waals surface area contributed by atoms with E-state index in [-0.39, 0.29) is 17.1 Å². The van der Waals surface area contributed by atoms with E-state index in [2.05, 4.69) is 26.0 Å². The second-order valence-corrected chi connectivity index (χ2v) is 9.83. The molecule has 4 heteroatoms. The summed E-state index contributed by atoms with van der Waals surface area (Å²) in [4.78, 5) is 1.59. The standard InChI is InChI=1S/C28H42O2S.Cu/c1-3-5-7-9-11-13-15-23-17-19-27(25(29)21-23)31-28-20-18-24(22-26(28)30)16-14-12-10-8-6-4-2;/h17-22,29-30H,3-16H2,1-2H3;. The smallest absolute Gasteiger partial charge is 0.129 e. The number of rotatable bonds is 16. The van der Waals surface area contributed by atoms with Gasteiger partial charge >= 0.3 is 0 Å². The summed E-state index contributed by atoms with van der Waals surface area (Å²) in [6.45, 7) is 4.49. The predicted octanol–water partition coefficient (Wildman–Crippen LogP) is 9.05. The molecule has 0 aliphatic rings. The summed E-state index contributed by atoms with van der Waals surface area (Å²) in [5.41, 5.74) is 2.38. The minimum absolute atomic E-state index is 0. The molecule has 0 heterocycles. The molecule has 2 aromatic rings. The van der Waals surface area contributed by atoms with Crippen molar-refractivity contribution in [1.82, 2.24) is 0 Å². The first-order valence-electron chi connectivity index (χ1n) is 12.5. The Bertz CT molecular complexity index is 700. The third-order valence-corrected chi connectivity index (χ3v) is 7.03. The van der Waals surface area contributed by atoms with E-state index in [1.54, 1.807) is 0 Å². The first-order chi connectivity index (χ1) is 15.1. The molecule has 183 valence electrons. The van der Waals surface area contributed by atoms with Gasteiger partial charge in [-0.05, 0) is 61.1 Å². The van der Waals surface area contributed by atoms with Gasteiger partial charge in [0.1, 0.15) is 11.5 Å². The molecule has 2 rings (SSSR count). The molecule has 0 saturated carbocycles. The summed E-state index contributed by atoms with van der Waals surface area (Å²) >= 11 is 1.43. The maximum atomic E-state index is 10.5. The third kappa shape index (κ3) is 11.2. The molecule has 0 bridgehead atoms. The molecular weight excluding hydrogens is 464 g/mol. The van der Waals surface area contributed by atoms with Crippen molar-refractivity contribution in [2.75, 3.05) is 0 Å². The minimum Gasteiger partial charge on any atom is -0.507 e. The Morgan fingerprint density at radius 2 is 0.938 bits per heavy atom. The molecule has 1 radical (unpaired) electrons. The summed E-state index contributed by atoms with van der Waals surface area (Å²) in [5, 5.41) is 20.9. The Morgan fingerprint density at radius 3 is 1.31 bits per heavy atom. The predicted molar refractivity (Wildman–Crippen MR) is 134 cm³/mol. The fourth-order valence-electron chi connectivity index (χ4n) is 3.95. The number of hydrogen-bond donors (Lipinski definition) is 2. The Labute approximate surface area is 211 Å². The fraction of sp³-hybridized carbons (Fsp3) is 0.571. The van der Waals surface area contributed by atoms with Gasteiger partial charge in [-0.25, -0.2) is 0 Å². The molecule has 0 saturated heterocycles. The Balaban J connectivity index is 0.00000512. The first-order valence-corrected chi connectivity index (χ1v) is 13.3. The van der Waals surface area contributed by atoms with Gasteiger partial charge in [-0.3, -0.25) is 0 Å². The van der Waals surface area contributed by atoms with Crippen molar-refractivity contribution in [3.63, 3.8) is 0 Å². The van der Waals surface area contributed by atoms with Crippen molar-refractivity contribution < 1.29 is 27.3 Å². The number of unbranched alkanes of at least 4 members (excludes halogenated alkanes) is 10. The summed E-state index contributed by atoms with van der Waals surface area (Å²) in [6, 6.07) is 12.0. The average molecular weight is 506 g/mol. The van der Waals surface area contributed by atoms with E-state index in [1.807, 2.05) is 24.3 Å². The Hall–Kier alpha value is -1.09. The van der Waals surface area contributed by atoms with Crippen LogP contribution in [0, 0.1) is 0 Å². The normalized spacial score (nSPS) is 10.8.